The molecular weight excluding hydrogens is 316 g/mol. The van der Waals surface area contributed by atoms with Crippen LogP contribution in [0.2, 0.25) is 0 Å². The lowest BCUT2D eigenvalue weighted by molar-refractivity contribution is 0.0988. The SMILES string of the molecule is CCCNC(C)c1ccc(Br)cc1N1CCOCC1C. The molecule has 112 valence electrons. The molecule has 1 aromatic carbocycles. The van der Waals surface area contributed by atoms with Gasteiger partial charge in [-0.1, -0.05) is 28.9 Å². The van der Waals surface area contributed by atoms with Crippen LogP contribution in [0.5, 0.6) is 0 Å². The van der Waals surface area contributed by atoms with Crippen molar-refractivity contribution in [3.63, 3.8) is 0 Å². The van der Waals surface area contributed by atoms with Crippen LogP contribution in [0, 0.1) is 0 Å². The zero-order valence-corrected chi connectivity index (χ0v) is 14.2. The molecular formula is C16H25BrN2O. The Balaban J connectivity index is 2.27. The lowest BCUT2D eigenvalue weighted by Gasteiger charge is -2.37. The molecule has 20 heavy (non-hydrogen) atoms. The summed E-state index contributed by atoms with van der Waals surface area (Å²) >= 11 is 3.61. The Labute approximate surface area is 130 Å². The molecule has 0 aromatic heterocycles. The smallest absolute Gasteiger partial charge is 0.0668 e. The van der Waals surface area contributed by atoms with Gasteiger partial charge in [0.05, 0.1) is 13.2 Å². The Morgan fingerprint density at radius 1 is 1.50 bits per heavy atom. The third-order valence-corrected chi connectivity index (χ3v) is 4.33. The molecule has 1 fully saturated rings. The Morgan fingerprint density at radius 3 is 3.00 bits per heavy atom. The third-order valence-electron chi connectivity index (χ3n) is 3.84. The van der Waals surface area contributed by atoms with Crippen molar-refractivity contribution in [2.24, 2.45) is 0 Å². The second-order valence-electron chi connectivity index (χ2n) is 5.50. The minimum atomic E-state index is 0.369. The van der Waals surface area contributed by atoms with Crippen molar-refractivity contribution >= 4 is 21.6 Å². The van der Waals surface area contributed by atoms with Crippen molar-refractivity contribution in [2.45, 2.75) is 39.3 Å². The molecule has 1 saturated heterocycles. The highest BCUT2D eigenvalue weighted by Crippen LogP contribution is 2.31. The molecule has 2 rings (SSSR count). The Kier molecular flexibility index (Phi) is 5.87. The van der Waals surface area contributed by atoms with Gasteiger partial charge >= 0.3 is 0 Å². The highest BCUT2D eigenvalue weighted by atomic mass is 79.9. The topological polar surface area (TPSA) is 24.5 Å². The van der Waals surface area contributed by atoms with Crippen molar-refractivity contribution in [1.82, 2.24) is 5.32 Å². The van der Waals surface area contributed by atoms with Gasteiger partial charge in [-0.25, -0.2) is 0 Å². The number of hydrogen-bond donors (Lipinski definition) is 1. The van der Waals surface area contributed by atoms with Crippen LogP contribution in [0.3, 0.4) is 0 Å². The maximum atomic E-state index is 5.56. The van der Waals surface area contributed by atoms with Crippen molar-refractivity contribution in [2.75, 3.05) is 31.2 Å². The van der Waals surface area contributed by atoms with E-state index in [9.17, 15) is 0 Å². The van der Waals surface area contributed by atoms with Crippen LogP contribution >= 0.6 is 15.9 Å². The number of anilines is 1. The molecule has 4 heteroatoms. The normalized spacial score (nSPS) is 21.0. The first-order valence-corrected chi connectivity index (χ1v) is 8.30. The molecule has 3 nitrogen and oxygen atoms in total. The second kappa shape index (κ2) is 7.43. The van der Waals surface area contributed by atoms with E-state index < -0.39 is 0 Å². The van der Waals surface area contributed by atoms with Gasteiger partial charge in [-0.3, -0.25) is 0 Å². The summed E-state index contributed by atoms with van der Waals surface area (Å²) < 4.78 is 6.70. The van der Waals surface area contributed by atoms with Crippen LogP contribution in [0.1, 0.15) is 38.8 Å². The molecule has 0 amide bonds. The summed E-state index contributed by atoms with van der Waals surface area (Å²) in [5, 5.41) is 3.59. The maximum absolute atomic E-state index is 5.56. The molecule has 1 aliphatic heterocycles. The third kappa shape index (κ3) is 3.74. The summed E-state index contributed by atoms with van der Waals surface area (Å²) in [4.78, 5) is 2.47. The van der Waals surface area contributed by atoms with Gasteiger partial charge in [0, 0.05) is 28.8 Å². The van der Waals surface area contributed by atoms with E-state index in [-0.39, 0.29) is 0 Å². The van der Waals surface area contributed by atoms with Crippen LogP contribution in [-0.4, -0.2) is 32.3 Å². The predicted molar refractivity (Wildman–Crippen MR) is 88.5 cm³/mol. The second-order valence-corrected chi connectivity index (χ2v) is 6.41. The van der Waals surface area contributed by atoms with Crippen LogP contribution in [0.4, 0.5) is 5.69 Å². The van der Waals surface area contributed by atoms with Gasteiger partial charge in [0.2, 0.25) is 0 Å². The van der Waals surface area contributed by atoms with E-state index in [1.54, 1.807) is 0 Å². The largest absolute Gasteiger partial charge is 0.377 e. The minimum Gasteiger partial charge on any atom is -0.377 e. The molecule has 1 aliphatic rings. The Morgan fingerprint density at radius 2 is 2.30 bits per heavy atom. The Hall–Kier alpha value is -0.580. The number of morpholine rings is 1. The molecule has 1 aromatic rings. The fourth-order valence-corrected chi connectivity index (χ4v) is 3.04. The fourth-order valence-electron chi connectivity index (χ4n) is 2.69. The first-order chi connectivity index (χ1) is 9.63. The molecule has 0 bridgehead atoms. The quantitative estimate of drug-likeness (QED) is 0.883. The van der Waals surface area contributed by atoms with Crippen molar-refractivity contribution in [3.05, 3.63) is 28.2 Å². The van der Waals surface area contributed by atoms with E-state index in [4.69, 9.17) is 4.74 Å². The van der Waals surface area contributed by atoms with Crippen molar-refractivity contribution in [1.29, 1.82) is 0 Å². The molecule has 2 unspecified atom stereocenters. The van der Waals surface area contributed by atoms with Gasteiger partial charge in [-0.2, -0.15) is 0 Å². The van der Waals surface area contributed by atoms with Crippen molar-refractivity contribution in [3.8, 4) is 0 Å². The monoisotopic (exact) mass is 340 g/mol. The van der Waals surface area contributed by atoms with Gasteiger partial charge in [0.1, 0.15) is 0 Å². The average molecular weight is 341 g/mol. The first-order valence-electron chi connectivity index (χ1n) is 7.50. The lowest BCUT2D eigenvalue weighted by atomic mass is 10.0. The van der Waals surface area contributed by atoms with Crippen LogP contribution in [0.25, 0.3) is 0 Å². The maximum Gasteiger partial charge on any atom is 0.0668 e. The summed E-state index contributed by atoms with van der Waals surface area (Å²) in [7, 11) is 0. The average Bonchev–Trinajstić information content (AvgIpc) is 2.45. The summed E-state index contributed by atoms with van der Waals surface area (Å²) in [6.45, 7) is 10.3. The first kappa shape index (κ1) is 15.8. The molecule has 1 heterocycles. The zero-order valence-electron chi connectivity index (χ0n) is 12.7. The standard InChI is InChI=1S/C16H25BrN2O/c1-4-7-18-13(3)15-6-5-14(17)10-16(15)19-8-9-20-11-12(19)2/h5-6,10,12-13,18H,4,7-9,11H2,1-3H3. The van der Waals surface area contributed by atoms with Crippen LogP contribution in [-0.2, 0) is 4.74 Å². The van der Waals surface area contributed by atoms with E-state index in [1.165, 1.54) is 11.3 Å². The van der Waals surface area contributed by atoms with Gasteiger partial charge in [-0.05, 0) is 44.5 Å². The molecule has 0 saturated carbocycles. The Bertz CT molecular complexity index is 438. The molecule has 0 spiro atoms. The van der Waals surface area contributed by atoms with E-state index >= 15 is 0 Å². The van der Waals surface area contributed by atoms with Crippen LogP contribution in [0.15, 0.2) is 22.7 Å². The lowest BCUT2D eigenvalue weighted by Crippen LogP contribution is -2.44. The van der Waals surface area contributed by atoms with Crippen molar-refractivity contribution < 1.29 is 4.74 Å². The number of ether oxygens (including phenoxy) is 1. The predicted octanol–water partition coefficient (Wildman–Crippen LogP) is 3.73. The molecule has 1 N–H and O–H groups in total. The summed E-state index contributed by atoms with van der Waals surface area (Å²) in [5.74, 6) is 0. The number of rotatable bonds is 5. The number of halogens is 1. The zero-order chi connectivity index (χ0) is 14.5. The number of hydrogen-bond acceptors (Lipinski definition) is 3. The number of benzene rings is 1. The molecule has 0 aliphatic carbocycles. The summed E-state index contributed by atoms with van der Waals surface area (Å²) in [5.41, 5.74) is 2.70. The van der Waals surface area contributed by atoms with Gasteiger partial charge in [0.25, 0.3) is 0 Å². The van der Waals surface area contributed by atoms with E-state index in [1.807, 2.05) is 0 Å². The van der Waals surface area contributed by atoms with Gasteiger partial charge in [0.15, 0.2) is 0 Å². The van der Waals surface area contributed by atoms with Crippen LogP contribution < -0.4 is 10.2 Å². The minimum absolute atomic E-state index is 0.369. The number of nitrogens with one attached hydrogen (secondary N) is 1. The van der Waals surface area contributed by atoms with Gasteiger partial charge < -0.3 is 15.0 Å². The highest BCUT2D eigenvalue weighted by Gasteiger charge is 2.23. The molecule has 0 radical (unpaired) electrons. The van der Waals surface area contributed by atoms with Gasteiger partial charge in [-0.15, -0.1) is 0 Å². The fraction of sp³-hybridized carbons (Fsp3) is 0.625. The number of nitrogens with zero attached hydrogens (tertiary/aromatic N) is 1. The van der Waals surface area contributed by atoms with E-state index in [2.05, 4.69) is 65.1 Å². The summed E-state index contributed by atoms with van der Waals surface area (Å²) in [6.07, 6.45) is 1.16. The highest BCUT2D eigenvalue weighted by molar-refractivity contribution is 9.10. The molecule has 2 atom stereocenters. The summed E-state index contributed by atoms with van der Waals surface area (Å²) in [6, 6.07) is 7.40. The van der Waals surface area contributed by atoms with E-state index in [0.29, 0.717) is 12.1 Å². The van der Waals surface area contributed by atoms with E-state index in [0.717, 1.165) is 37.2 Å².